The maximum Gasteiger partial charge on any atom is 0.248 e. The van der Waals surface area contributed by atoms with Crippen LogP contribution in [0.15, 0.2) is 33.7 Å². The van der Waals surface area contributed by atoms with Crippen molar-refractivity contribution in [2.24, 2.45) is 0 Å². The molecule has 3 heterocycles. The van der Waals surface area contributed by atoms with Crippen LogP contribution < -0.4 is 0 Å². The van der Waals surface area contributed by atoms with Gasteiger partial charge in [0.1, 0.15) is 15.6 Å². The maximum atomic E-state index is 13.0. The van der Waals surface area contributed by atoms with E-state index in [1.54, 1.807) is 29.5 Å². The van der Waals surface area contributed by atoms with Crippen molar-refractivity contribution < 1.29 is 12.9 Å². The molecule has 0 amide bonds. The predicted octanol–water partition coefficient (Wildman–Crippen LogP) is 2.80. The van der Waals surface area contributed by atoms with E-state index in [4.69, 9.17) is 9.51 Å². The van der Waals surface area contributed by atoms with Gasteiger partial charge < -0.3 is 4.52 Å². The minimum atomic E-state index is -3.58. The number of hydrogen-bond donors (Lipinski definition) is 0. The van der Waals surface area contributed by atoms with Crippen LogP contribution in [0.4, 0.5) is 0 Å². The summed E-state index contributed by atoms with van der Waals surface area (Å²) < 4.78 is 33.8. The van der Waals surface area contributed by atoms with Crippen molar-refractivity contribution in [1.29, 1.82) is 0 Å². The minimum Gasteiger partial charge on any atom is -0.360 e. The van der Waals surface area contributed by atoms with Crippen LogP contribution in [0.5, 0.6) is 0 Å². The van der Waals surface area contributed by atoms with E-state index in [2.05, 4.69) is 16.1 Å². The summed E-state index contributed by atoms with van der Waals surface area (Å²) >= 11 is 1.70. The number of aryl methyl sites for hydroxylation is 2. The van der Waals surface area contributed by atoms with Gasteiger partial charge in [-0.25, -0.2) is 13.4 Å². The van der Waals surface area contributed by atoms with Crippen LogP contribution >= 0.6 is 11.3 Å². The lowest BCUT2D eigenvalue weighted by molar-refractivity contribution is 0.278. The van der Waals surface area contributed by atoms with Gasteiger partial charge in [-0.15, -0.1) is 11.3 Å². The molecule has 1 aliphatic heterocycles. The Balaban J connectivity index is 1.47. The normalized spacial score (nSPS) is 17.4. The van der Waals surface area contributed by atoms with E-state index in [9.17, 15) is 8.42 Å². The molecule has 1 aliphatic rings. The van der Waals surface area contributed by atoms with Gasteiger partial charge in [-0.05, 0) is 38.9 Å². The molecule has 0 saturated carbocycles. The molecule has 0 aliphatic carbocycles. The Labute approximate surface area is 162 Å². The summed E-state index contributed by atoms with van der Waals surface area (Å²) in [4.78, 5) is 7.18. The van der Waals surface area contributed by atoms with Crippen LogP contribution in [0.3, 0.4) is 0 Å². The number of aromatic nitrogens is 2. The molecule has 9 heteroatoms. The third-order valence-electron chi connectivity index (χ3n) is 4.81. The van der Waals surface area contributed by atoms with Crippen LogP contribution in [-0.4, -0.2) is 53.9 Å². The Bertz CT molecular complexity index is 1010. The molecule has 1 saturated heterocycles. The second-order valence-corrected chi connectivity index (χ2v) is 9.75. The Hall–Kier alpha value is -1.81. The van der Waals surface area contributed by atoms with Gasteiger partial charge in [-0.2, -0.15) is 4.31 Å². The number of benzene rings is 1. The molecule has 3 aromatic rings. The van der Waals surface area contributed by atoms with Gasteiger partial charge in [-0.3, -0.25) is 4.90 Å². The second-order valence-electron chi connectivity index (χ2n) is 6.76. The SMILES string of the molecule is Cc1noc(C)c1S(=O)(=O)N1CCCN(Cc2nc3ccccc3s2)CC1. The van der Waals surface area contributed by atoms with Crippen LogP contribution in [0.1, 0.15) is 22.9 Å². The van der Waals surface area contributed by atoms with Crippen molar-refractivity contribution in [1.82, 2.24) is 19.3 Å². The van der Waals surface area contributed by atoms with Crippen molar-refractivity contribution >= 4 is 31.6 Å². The number of fused-ring (bicyclic) bond motifs is 1. The summed E-state index contributed by atoms with van der Waals surface area (Å²) in [5.74, 6) is 0.350. The predicted molar refractivity (Wildman–Crippen MR) is 104 cm³/mol. The zero-order chi connectivity index (χ0) is 19.0. The number of para-hydroxylation sites is 1. The molecule has 0 spiro atoms. The number of thiazole rings is 1. The fourth-order valence-electron chi connectivity index (χ4n) is 3.50. The van der Waals surface area contributed by atoms with E-state index in [0.717, 1.165) is 30.0 Å². The third-order valence-corrected chi connectivity index (χ3v) is 7.98. The molecule has 0 bridgehead atoms. The Morgan fingerprint density at radius 3 is 2.70 bits per heavy atom. The first-order chi connectivity index (χ1) is 12.9. The van der Waals surface area contributed by atoms with Crippen molar-refractivity contribution in [2.75, 3.05) is 26.2 Å². The van der Waals surface area contributed by atoms with E-state index >= 15 is 0 Å². The van der Waals surface area contributed by atoms with Crippen molar-refractivity contribution in [3.8, 4) is 0 Å². The lowest BCUT2D eigenvalue weighted by Gasteiger charge is -2.21. The highest BCUT2D eigenvalue weighted by Gasteiger charge is 2.32. The highest BCUT2D eigenvalue weighted by molar-refractivity contribution is 7.89. The lowest BCUT2D eigenvalue weighted by Crippen LogP contribution is -2.35. The first kappa shape index (κ1) is 18.5. The van der Waals surface area contributed by atoms with Gasteiger partial charge in [0.15, 0.2) is 5.76 Å². The fraction of sp³-hybridized carbons (Fsp3) is 0.444. The molecular weight excluding hydrogens is 384 g/mol. The molecule has 4 rings (SSSR count). The molecule has 27 heavy (non-hydrogen) atoms. The molecule has 0 atom stereocenters. The van der Waals surface area contributed by atoms with Gasteiger partial charge in [0.05, 0.1) is 16.8 Å². The molecule has 2 aromatic heterocycles. The molecule has 144 valence electrons. The maximum absolute atomic E-state index is 13.0. The van der Waals surface area contributed by atoms with Gasteiger partial charge >= 0.3 is 0 Å². The van der Waals surface area contributed by atoms with Crippen LogP contribution in [0.2, 0.25) is 0 Å². The van der Waals surface area contributed by atoms with Crippen LogP contribution in [-0.2, 0) is 16.6 Å². The smallest absolute Gasteiger partial charge is 0.248 e. The Morgan fingerprint density at radius 1 is 1.15 bits per heavy atom. The van der Waals surface area contributed by atoms with Crippen molar-refractivity contribution in [3.05, 3.63) is 40.7 Å². The van der Waals surface area contributed by atoms with Crippen LogP contribution in [0, 0.1) is 13.8 Å². The lowest BCUT2D eigenvalue weighted by atomic mass is 10.3. The van der Waals surface area contributed by atoms with Gasteiger partial charge in [0.2, 0.25) is 10.0 Å². The van der Waals surface area contributed by atoms with Gasteiger partial charge in [0, 0.05) is 19.6 Å². The van der Waals surface area contributed by atoms with E-state index in [1.165, 1.54) is 4.70 Å². The summed E-state index contributed by atoms with van der Waals surface area (Å²) in [5, 5.41) is 4.86. The summed E-state index contributed by atoms with van der Waals surface area (Å²) in [6.45, 7) is 6.55. The van der Waals surface area contributed by atoms with Gasteiger partial charge in [0.25, 0.3) is 0 Å². The Morgan fingerprint density at radius 2 is 1.96 bits per heavy atom. The molecule has 0 N–H and O–H groups in total. The average molecular weight is 407 g/mol. The molecular formula is C18H22N4O3S2. The van der Waals surface area contributed by atoms with E-state index < -0.39 is 10.0 Å². The summed E-state index contributed by atoms with van der Waals surface area (Å²) in [7, 11) is -3.58. The number of sulfonamides is 1. The van der Waals surface area contributed by atoms with E-state index in [0.29, 0.717) is 31.1 Å². The molecule has 0 radical (unpaired) electrons. The molecule has 0 unspecified atom stereocenters. The Kier molecular flexibility index (Phi) is 5.02. The largest absolute Gasteiger partial charge is 0.360 e. The van der Waals surface area contributed by atoms with Crippen LogP contribution in [0.25, 0.3) is 10.2 Å². The summed E-state index contributed by atoms with van der Waals surface area (Å²) in [5.41, 5.74) is 1.44. The fourth-order valence-corrected chi connectivity index (χ4v) is 6.27. The van der Waals surface area contributed by atoms with Crippen molar-refractivity contribution in [2.45, 2.75) is 31.7 Å². The molecule has 1 fully saturated rings. The number of hydrogen-bond acceptors (Lipinski definition) is 7. The highest BCUT2D eigenvalue weighted by Crippen LogP contribution is 2.26. The first-order valence-electron chi connectivity index (χ1n) is 8.95. The van der Waals surface area contributed by atoms with E-state index in [1.807, 2.05) is 18.2 Å². The molecule has 7 nitrogen and oxygen atoms in total. The third kappa shape index (κ3) is 3.64. The van der Waals surface area contributed by atoms with Crippen molar-refractivity contribution in [3.63, 3.8) is 0 Å². The highest BCUT2D eigenvalue weighted by atomic mass is 32.2. The average Bonchev–Trinajstić information content (AvgIpc) is 3.09. The zero-order valence-corrected chi connectivity index (χ0v) is 17.0. The second kappa shape index (κ2) is 7.31. The topological polar surface area (TPSA) is 79.5 Å². The quantitative estimate of drug-likeness (QED) is 0.663. The summed E-state index contributed by atoms with van der Waals surface area (Å²) in [6.07, 6.45) is 0.785. The van der Waals surface area contributed by atoms with E-state index in [-0.39, 0.29) is 4.90 Å². The monoisotopic (exact) mass is 406 g/mol. The first-order valence-corrected chi connectivity index (χ1v) is 11.2. The standard InChI is InChI=1S/C18H22N4O3S2/c1-13-18(14(2)25-20-13)27(23,24)22-9-5-8-21(10-11-22)12-17-19-15-6-3-4-7-16(15)26-17/h3-4,6-7H,5,8-12H2,1-2H3. The van der Waals surface area contributed by atoms with Gasteiger partial charge in [-0.1, -0.05) is 17.3 Å². The minimum absolute atomic E-state index is 0.210. The zero-order valence-electron chi connectivity index (χ0n) is 15.4. The summed E-state index contributed by atoms with van der Waals surface area (Å²) in [6, 6.07) is 8.12. The number of rotatable bonds is 4. The number of nitrogens with zero attached hydrogens (tertiary/aromatic N) is 4. The molecule has 1 aromatic carbocycles.